The molecule has 0 radical (unpaired) electrons. The second-order valence-electron chi connectivity index (χ2n) is 5.83. The van der Waals surface area contributed by atoms with Crippen molar-refractivity contribution in [3.8, 4) is 0 Å². The molecule has 0 saturated carbocycles. The van der Waals surface area contributed by atoms with Crippen LogP contribution in [0.1, 0.15) is 45.4 Å². The molecule has 1 heterocycles. The fourth-order valence-corrected chi connectivity index (χ4v) is 3.98. The van der Waals surface area contributed by atoms with E-state index in [0.717, 1.165) is 11.3 Å². The van der Waals surface area contributed by atoms with Crippen molar-refractivity contribution in [2.45, 2.75) is 26.7 Å². The smallest absolute Gasteiger partial charge is 0.348 e. The molecular formula is C17H20N2O6S. The second-order valence-corrected chi connectivity index (χ2v) is 6.85. The Morgan fingerprint density at radius 1 is 1.27 bits per heavy atom. The van der Waals surface area contributed by atoms with E-state index in [0.29, 0.717) is 5.56 Å². The topological polar surface area (TPSA) is 136 Å². The Balaban J connectivity index is 2.33. The maximum Gasteiger partial charge on any atom is 0.348 e. The van der Waals surface area contributed by atoms with Gasteiger partial charge in [0.2, 0.25) is 5.91 Å². The monoisotopic (exact) mass is 380 g/mol. The van der Waals surface area contributed by atoms with E-state index in [4.69, 9.17) is 10.5 Å². The third-order valence-corrected chi connectivity index (χ3v) is 5.36. The molecule has 1 aromatic rings. The summed E-state index contributed by atoms with van der Waals surface area (Å²) in [4.78, 5) is 48.0. The third-order valence-electron chi connectivity index (χ3n) is 4.18. The van der Waals surface area contributed by atoms with E-state index in [2.05, 4.69) is 5.32 Å². The van der Waals surface area contributed by atoms with Crippen LogP contribution in [0.3, 0.4) is 0 Å². The lowest BCUT2D eigenvalue weighted by atomic mass is 9.82. The van der Waals surface area contributed by atoms with Crippen molar-refractivity contribution < 1.29 is 29.0 Å². The first-order valence-electron chi connectivity index (χ1n) is 8.06. The van der Waals surface area contributed by atoms with Gasteiger partial charge in [0.25, 0.3) is 5.91 Å². The summed E-state index contributed by atoms with van der Waals surface area (Å²) in [6, 6.07) is 0. The van der Waals surface area contributed by atoms with Crippen LogP contribution in [0.25, 0.3) is 0 Å². The minimum Gasteiger partial charge on any atom is -0.481 e. The molecule has 4 N–H and O–H groups in total. The molecule has 1 aliphatic carbocycles. The van der Waals surface area contributed by atoms with Gasteiger partial charge in [0.15, 0.2) is 0 Å². The van der Waals surface area contributed by atoms with Gasteiger partial charge < -0.3 is 20.9 Å². The lowest BCUT2D eigenvalue weighted by molar-refractivity contribution is -0.146. The Labute approximate surface area is 154 Å². The summed E-state index contributed by atoms with van der Waals surface area (Å²) in [6.45, 7) is 3.36. The third kappa shape index (κ3) is 3.93. The number of hydrogen-bond donors (Lipinski definition) is 3. The van der Waals surface area contributed by atoms with Crippen molar-refractivity contribution in [3.05, 3.63) is 28.2 Å². The fraction of sp³-hybridized carbons (Fsp3) is 0.412. The summed E-state index contributed by atoms with van der Waals surface area (Å²) in [5.41, 5.74) is 5.75. The highest BCUT2D eigenvalue weighted by Crippen LogP contribution is 2.35. The van der Waals surface area contributed by atoms with Gasteiger partial charge in [-0.2, -0.15) is 0 Å². The molecule has 140 valence electrons. The number of carboxylic acid groups (broad SMARTS) is 1. The van der Waals surface area contributed by atoms with E-state index in [1.165, 1.54) is 0 Å². The first kappa shape index (κ1) is 19.6. The highest BCUT2D eigenvalue weighted by Gasteiger charge is 2.35. The number of primary amides is 1. The lowest BCUT2D eigenvalue weighted by Gasteiger charge is -2.24. The van der Waals surface area contributed by atoms with Crippen LogP contribution >= 0.6 is 11.3 Å². The zero-order valence-corrected chi connectivity index (χ0v) is 15.2. The number of ether oxygens (including phenoxy) is 1. The van der Waals surface area contributed by atoms with E-state index in [1.54, 1.807) is 26.0 Å². The first-order chi connectivity index (χ1) is 12.3. The lowest BCUT2D eigenvalue weighted by Crippen LogP contribution is -2.35. The van der Waals surface area contributed by atoms with Crippen molar-refractivity contribution in [1.29, 1.82) is 0 Å². The van der Waals surface area contributed by atoms with Crippen LogP contribution in [0.2, 0.25) is 0 Å². The Morgan fingerprint density at radius 3 is 2.42 bits per heavy atom. The Kier molecular flexibility index (Phi) is 6.14. The Morgan fingerprint density at radius 2 is 1.88 bits per heavy atom. The minimum atomic E-state index is -1.06. The van der Waals surface area contributed by atoms with Gasteiger partial charge in [-0.25, -0.2) is 4.79 Å². The Hall–Kier alpha value is -2.68. The number of thiophene rings is 1. The van der Waals surface area contributed by atoms with Crippen LogP contribution in [0.5, 0.6) is 0 Å². The number of amides is 2. The van der Waals surface area contributed by atoms with Gasteiger partial charge in [0.1, 0.15) is 9.88 Å². The summed E-state index contributed by atoms with van der Waals surface area (Å²) >= 11 is 0.892. The number of hydrogen-bond acceptors (Lipinski definition) is 6. The fourth-order valence-electron chi connectivity index (χ4n) is 2.87. The van der Waals surface area contributed by atoms with Crippen LogP contribution in [-0.2, 0) is 14.3 Å². The molecule has 0 saturated heterocycles. The average molecular weight is 380 g/mol. The van der Waals surface area contributed by atoms with Gasteiger partial charge in [-0.05, 0) is 32.3 Å². The molecule has 9 heteroatoms. The number of carbonyl (C=O) groups is 4. The summed E-state index contributed by atoms with van der Waals surface area (Å²) in [5, 5.41) is 12.0. The molecule has 2 unspecified atom stereocenters. The molecule has 2 amide bonds. The molecule has 8 nitrogen and oxygen atoms in total. The predicted molar refractivity (Wildman–Crippen MR) is 95.1 cm³/mol. The number of anilines is 1. The number of rotatable bonds is 6. The summed E-state index contributed by atoms with van der Waals surface area (Å²) in [7, 11) is 0. The van der Waals surface area contributed by atoms with Gasteiger partial charge in [-0.1, -0.05) is 12.2 Å². The van der Waals surface area contributed by atoms with Crippen LogP contribution in [0, 0.1) is 18.8 Å². The van der Waals surface area contributed by atoms with Crippen LogP contribution in [-0.4, -0.2) is 35.5 Å². The molecule has 2 atom stereocenters. The van der Waals surface area contributed by atoms with Gasteiger partial charge in [-0.3, -0.25) is 14.4 Å². The van der Waals surface area contributed by atoms with Crippen molar-refractivity contribution in [3.63, 3.8) is 0 Å². The molecule has 0 spiro atoms. The quantitative estimate of drug-likeness (QED) is 0.510. The normalized spacial score (nSPS) is 19.0. The molecule has 0 aromatic carbocycles. The second kappa shape index (κ2) is 8.13. The van der Waals surface area contributed by atoms with Crippen LogP contribution in [0.4, 0.5) is 5.00 Å². The largest absolute Gasteiger partial charge is 0.481 e. The van der Waals surface area contributed by atoms with Crippen molar-refractivity contribution in [2.75, 3.05) is 11.9 Å². The van der Waals surface area contributed by atoms with E-state index in [1.807, 2.05) is 0 Å². The number of esters is 1. The summed E-state index contributed by atoms with van der Waals surface area (Å²) in [6.07, 6.45) is 4.02. The van der Waals surface area contributed by atoms with E-state index < -0.39 is 35.6 Å². The van der Waals surface area contributed by atoms with Gasteiger partial charge >= 0.3 is 11.9 Å². The van der Waals surface area contributed by atoms with E-state index in [9.17, 15) is 24.3 Å². The molecule has 1 aliphatic rings. The van der Waals surface area contributed by atoms with Crippen LogP contribution < -0.4 is 11.1 Å². The highest BCUT2D eigenvalue weighted by atomic mass is 32.1. The number of allylic oxidation sites excluding steroid dienone is 2. The predicted octanol–water partition coefficient (Wildman–Crippen LogP) is 1.94. The van der Waals surface area contributed by atoms with Crippen molar-refractivity contribution in [2.24, 2.45) is 17.6 Å². The van der Waals surface area contributed by atoms with Crippen molar-refractivity contribution in [1.82, 2.24) is 0 Å². The maximum atomic E-state index is 12.6. The SMILES string of the molecule is CCOC(=O)c1sc(NC(=O)C2CC=CCC2C(=O)O)c(C(N)=O)c1C. The molecule has 2 rings (SSSR count). The minimum absolute atomic E-state index is 0.0321. The van der Waals surface area contributed by atoms with Gasteiger partial charge in [0, 0.05) is 0 Å². The summed E-state index contributed by atoms with van der Waals surface area (Å²) < 4.78 is 4.95. The molecule has 0 aliphatic heterocycles. The number of aliphatic carboxylic acids is 1. The van der Waals surface area contributed by atoms with Gasteiger partial charge in [0.05, 0.1) is 24.0 Å². The Bertz CT molecular complexity index is 782. The zero-order chi connectivity index (χ0) is 19.4. The molecule has 0 bridgehead atoms. The van der Waals surface area contributed by atoms with Gasteiger partial charge in [-0.15, -0.1) is 11.3 Å². The summed E-state index contributed by atoms with van der Waals surface area (Å²) in [5.74, 6) is -4.60. The maximum absolute atomic E-state index is 12.6. The molecule has 26 heavy (non-hydrogen) atoms. The van der Waals surface area contributed by atoms with Crippen molar-refractivity contribution >= 4 is 40.1 Å². The molecule has 1 aromatic heterocycles. The first-order valence-corrected chi connectivity index (χ1v) is 8.88. The molecule has 0 fully saturated rings. The van der Waals surface area contributed by atoms with Crippen LogP contribution in [0.15, 0.2) is 12.2 Å². The highest BCUT2D eigenvalue weighted by molar-refractivity contribution is 7.18. The average Bonchev–Trinajstić information content (AvgIpc) is 2.91. The van der Waals surface area contributed by atoms with E-state index >= 15 is 0 Å². The standard InChI is InChI=1S/C17H20N2O6S/c1-3-25-17(24)12-8(2)11(13(18)20)15(26-12)19-14(21)9-6-4-5-7-10(9)16(22)23/h4-5,9-10H,3,6-7H2,1-2H3,(H2,18,20)(H,19,21)(H,22,23). The number of carbonyl (C=O) groups excluding carboxylic acids is 3. The number of nitrogens with two attached hydrogens (primary N) is 1. The molecular weight excluding hydrogens is 360 g/mol. The van der Waals surface area contributed by atoms with E-state index in [-0.39, 0.29) is 34.9 Å². The number of carboxylic acids is 1. The zero-order valence-electron chi connectivity index (χ0n) is 14.4. The number of nitrogens with one attached hydrogen (secondary N) is 1.